The third kappa shape index (κ3) is 3.19. The Labute approximate surface area is 149 Å². The Morgan fingerprint density at radius 2 is 1.84 bits per heavy atom. The first-order valence-corrected chi connectivity index (χ1v) is 8.35. The average Bonchev–Trinajstić information content (AvgIpc) is 3.08. The summed E-state index contributed by atoms with van der Waals surface area (Å²) in [5, 5.41) is 11.7. The number of hydrogen-bond acceptors (Lipinski definition) is 4. The van der Waals surface area contributed by atoms with E-state index in [1.165, 1.54) is 5.56 Å². The zero-order valence-electron chi connectivity index (χ0n) is 13.4. The molecule has 0 aliphatic carbocycles. The number of rotatable bonds is 4. The number of aromatic amines is 1. The summed E-state index contributed by atoms with van der Waals surface area (Å²) in [4.78, 5) is 4.25. The summed E-state index contributed by atoms with van der Waals surface area (Å²) in [6.45, 7) is 0. The van der Waals surface area contributed by atoms with Crippen molar-refractivity contribution in [3.05, 3.63) is 82.4 Å². The van der Waals surface area contributed by atoms with E-state index < -0.39 is 0 Å². The Bertz CT molecular complexity index is 1010. The first-order valence-electron chi connectivity index (χ1n) is 7.97. The third-order valence-corrected chi connectivity index (χ3v) is 4.48. The number of anilines is 1. The van der Waals surface area contributed by atoms with Crippen molar-refractivity contribution < 1.29 is 0 Å². The predicted octanol–water partition coefficient (Wildman–Crippen LogP) is 3.96. The van der Waals surface area contributed by atoms with E-state index in [1.54, 1.807) is 0 Å². The standard InChI is InChI=1S/C19H16ClN5/c20-14-8-4-5-12(9-14)10-15(13-6-2-1-3-7-13)16-11-17(21)22-19-18(16)23-25-24-19/h1-9,11,15H,10H2,(H3,21,22,23,24,25). The van der Waals surface area contributed by atoms with E-state index >= 15 is 0 Å². The molecule has 2 aromatic carbocycles. The van der Waals surface area contributed by atoms with Crippen molar-refractivity contribution in [3.63, 3.8) is 0 Å². The second-order valence-electron chi connectivity index (χ2n) is 5.93. The highest BCUT2D eigenvalue weighted by atomic mass is 35.5. The number of nitrogen functional groups attached to an aromatic ring is 1. The van der Waals surface area contributed by atoms with E-state index in [0.29, 0.717) is 11.5 Å². The number of nitrogens with zero attached hydrogens (tertiary/aromatic N) is 3. The molecule has 0 saturated heterocycles. The SMILES string of the molecule is Nc1cc(C(Cc2cccc(Cl)c2)c2ccccc2)c2n[nH]nc2n1. The van der Waals surface area contributed by atoms with E-state index in [-0.39, 0.29) is 5.92 Å². The van der Waals surface area contributed by atoms with Crippen LogP contribution in [0, 0.1) is 0 Å². The Balaban J connectivity index is 1.86. The molecule has 0 bridgehead atoms. The van der Waals surface area contributed by atoms with Gasteiger partial charge in [0.2, 0.25) is 5.65 Å². The van der Waals surface area contributed by atoms with Crippen LogP contribution in [0.2, 0.25) is 5.02 Å². The zero-order chi connectivity index (χ0) is 17.2. The van der Waals surface area contributed by atoms with E-state index in [0.717, 1.165) is 28.1 Å². The smallest absolute Gasteiger partial charge is 0.203 e. The number of pyridine rings is 1. The number of fused-ring (bicyclic) bond motifs is 1. The van der Waals surface area contributed by atoms with Gasteiger partial charge in [-0.15, -0.1) is 5.10 Å². The van der Waals surface area contributed by atoms with Crippen LogP contribution in [-0.4, -0.2) is 20.4 Å². The van der Waals surface area contributed by atoms with E-state index in [1.807, 2.05) is 42.5 Å². The van der Waals surface area contributed by atoms with Gasteiger partial charge in [0.15, 0.2) is 0 Å². The van der Waals surface area contributed by atoms with Gasteiger partial charge in [0.25, 0.3) is 0 Å². The summed E-state index contributed by atoms with van der Waals surface area (Å²) in [6.07, 6.45) is 0.774. The van der Waals surface area contributed by atoms with E-state index in [4.69, 9.17) is 17.3 Å². The molecule has 1 atom stereocenters. The summed E-state index contributed by atoms with van der Waals surface area (Å²) in [6, 6.07) is 20.1. The molecule has 0 spiro atoms. The molecule has 25 heavy (non-hydrogen) atoms. The molecule has 124 valence electrons. The quantitative estimate of drug-likeness (QED) is 0.584. The van der Waals surface area contributed by atoms with Crippen molar-refractivity contribution in [1.29, 1.82) is 0 Å². The van der Waals surface area contributed by atoms with Crippen molar-refractivity contribution in [2.45, 2.75) is 12.3 Å². The topological polar surface area (TPSA) is 80.5 Å². The highest BCUT2D eigenvalue weighted by Crippen LogP contribution is 2.33. The molecule has 0 amide bonds. The Hall–Kier alpha value is -2.92. The van der Waals surface area contributed by atoms with Crippen molar-refractivity contribution in [2.24, 2.45) is 0 Å². The predicted molar refractivity (Wildman–Crippen MR) is 99.5 cm³/mol. The first kappa shape index (κ1) is 15.6. The van der Waals surface area contributed by atoms with E-state index in [2.05, 4.69) is 38.6 Å². The van der Waals surface area contributed by atoms with Crippen molar-refractivity contribution in [2.75, 3.05) is 5.73 Å². The van der Waals surface area contributed by atoms with Crippen molar-refractivity contribution >= 4 is 28.6 Å². The minimum atomic E-state index is 0.0672. The number of aromatic nitrogens is 4. The maximum Gasteiger partial charge on any atom is 0.203 e. The van der Waals surface area contributed by atoms with Crippen molar-refractivity contribution in [3.8, 4) is 0 Å². The fourth-order valence-corrected chi connectivity index (χ4v) is 3.35. The van der Waals surface area contributed by atoms with Crippen LogP contribution >= 0.6 is 11.6 Å². The summed E-state index contributed by atoms with van der Waals surface area (Å²) in [5.41, 5.74) is 10.6. The molecule has 4 rings (SSSR count). The van der Waals surface area contributed by atoms with Gasteiger partial charge in [0.05, 0.1) is 0 Å². The number of nitrogens with two attached hydrogens (primary N) is 1. The summed E-state index contributed by atoms with van der Waals surface area (Å²) >= 11 is 6.17. The third-order valence-electron chi connectivity index (χ3n) is 4.25. The molecule has 0 aliphatic heterocycles. The fraction of sp³-hybridized carbons (Fsp3) is 0.105. The van der Waals surface area contributed by atoms with Crippen LogP contribution in [0.4, 0.5) is 5.82 Å². The van der Waals surface area contributed by atoms with Gasteiger partial charge in [-0.3, -0.25) is 0 Å². The molecule has 4 aromatic rings. The van der Waals surface area contributed by atoms with Crippen LogP contribution in [0.5, 0.6) is 0 Å². The lowest BCUT2D eigenvalue weighted by Gasteiger charge is -2.19. The van der Waals surface area contributed by atoms with Gasteiger partial charge >= 0.3 is 0 Å². The van der Waals surface area contributed by atoms with Gasteiger partial charge in [0.1, 0.15) is 11.3 Å². The number of nitrogens with one attached hydrogen (secondary N) is 1. The van der Waals surface area contributed by atoms with Gasteiger partial charge in [-0.1, -0.05) is 54.1 Å². The molecule has 0 radical (unpaired) electrons. The second-order valence-corrected chi connectivity index (χ2v) is 6.37. The number of hydrogen-bond donors (Lipinski definition) is 2. The monoisotopic (exact) mass is 349 g/mol. The van der Waals surface area contributed by atoms with Crippen LogP contribution in [0.3, 0.4) is 0 Å². The first-order chi connectivity index (χ1) is 12.2. The maximum absolute atomic E-state index is 6.17. The Morgan fingerprint density at radius 1 is 1.00 bits per heavy atom. The molecule has 2 heterocycles. The summed E-state index contributed by atoms with van der Waals surface area (Å²) in [7, 11) is 0. The number of benzene rings is 2. The largest absolute Gasteiger partial charge is 0.384 e. The molecule has 2 aromatic heterocycles. The molecule has 0 aliphatic rings. The lowest BCUT2D eigenvalue weighted by atomic mass is 9.86. The lowest BCUT2D eigenvalue weighted by Crippen LogP contribution is -2.08. The van der Waals surface area contributed by atoms with Crippen LogP contribution in [0.25, 0.3) is 11.2 Å². The van der Waals surface area contributed by atoms with Gasteiger partial charge in [-0.25, -0.2) is 4.98 Å². The number of halogens is 1. The molecular formula is C19H16ClN5. The minimum Gasteiger partial charge on any atom is -0.384 e. The van der Waals surface area contributed by atoms with Crippen LogP contribution in [0.1, 0.15) is 22.6 Å². The second kappa shape index (κ2) is 6.53. The number of H-pyrrole nitrogens is 1. The summed E-state index contributed by atoms with van der Waals surface area (Å²) < 4.78 is 0. The average molecular weight is 350 g/mol. The van der Waals surface area contributed by atoms with Crippen molar-refractivity contribution in [1.82, 2.24) is 20.4 Å². The molecule has 1 unspecified atom stereocenters. The van der Waals surface area contributed by atoms with Gasteiger partial charge in [-0.05, 0) is 41.3 Å². The van der Waals surface area contributed by atoms with E-state index in [9.17, 15) is 0 Å². The van der Waals surface area contributed by atoms with Gasteiger partial charge in [0, 0.05) is 10.9 Å². The molecule has 3 N–H and O–H groups in total. The molecule has 0 saturated carbocycles. The van der Waals surface area contributed by atoms with Gasteiger partial charge < -0.3 is 5.73 Å². The Morgan fingerprint density at radius 3 is 2.64 bits per heavy atom. The molecule has 5 nitrogen and oxygen atoms in total. The zero-order valence-corrected chi connectivity index (χ0v) is 14.1. The highest BCUT2D eigenvalue weighted by molar-refractivity contribution is 6.30. The van der Waals surface area contributed by atoms with Crippen LogP contribution in [0.15, 0.2) is 60.7 Å². The molecule has 0 fully saturated rings. The Kier molecular flexibility index (Phi) is 4.07. The normalized spacial score (nSPS) is 12.4. The van der Waals surface area contributed by atoms with Crippen LogP contribution in [-0.2, 0) is 6.42 Å². The highest BCUT2D eigenvalue weighted by Gasteiger charge is 2.21. The molecule has 6 heteroatoms. The lowest BCUT2D eigenvalue weighted by molar-refractivity contribution is 0.808. The maximum atomic E-state index is 6.17. The minimum absolute atomic E-state index is 0.0672. The summed E-state index contributed by atoms with van der Waals surface area (Å²) in [5.74, 6) is 0.501. The fourth-order valence-electron chi connectivity index (χ4n) is 3.14. The van der Waals surface area contributed by atoms with Crippen LogP contribution < -0.4 is 5.73 Å². The molecular weight excluding hydrogens is 334 g/mol. The van der Waals surface area contributed by atoms with Gasteiger partial charge in [-0.2, -0.15) is 10.3 Å².